The Balaban J connectivity index is 1.14. The fourth-order valence-electron chi connectivity index (χ4n) is 5.33. The van der Waals surface area contributed by atoms with E-state index in [4.69, 9.17) is 0 Å². The van der Waals surface area contributed by atoms with Crippen molar-refractivity contribution in [3.05, 3.63) is 65.0 Å². The molecule has 31 heavy (non-hydrogen) atoms. The zero-order valence-corrected chi connectivity index (χ0v) is 17.5. The third kappa shape index (κ3) is 4.09. The molecule has 1 saturated heterocycles. The minimum atomic E-state index is -4.31. The molecule has 5 rings (SSSR count). The maximum absolute atomic E-state index is 12.8. The van der Waals surface area contributed by atoms with Crippen LogP contribution in [-0.4, -0.2) is 28.9 Å². The summed E-state index contributed by atoms with van der Waals surface area (Å²) in [6.45, 7) is 1.62. The van der Waals surface area contributed by atoms with Gasteiger partial charge in [0.2, 0.25) is 5.91 Å². The highest BCUT2D eigenvalue weighted by molar-refractivity contribution is 5.83. The number of likely N-dealkylation sites (tertiary alicyclic amines) is 1. The number of carbonyl (C=O) groups excluding carboxylic acids is 1. The van der Waals surface area contributed by atoms with Gasteiger partial charge in [-0.15, -0.1) is 0 Å². The van der Waals surface area contributed by atoms with Gasteiger partial charge in [0.05, 0.1) is 5.56 Å². The van der Waals surface area contributed by atoms with Gasteiger partial charge in [0, 0.05) is 36.8 Å². The molecule has 2 saturated carbocycles. The van der Waals surface area contributed by atoms with Crippen LogP contribution >= 0.6 is 0 Å². The molecule has 3 aliphatic rings. The highest BCUT2D eigenvalue weighted by Crippen LogP contribution is 2.66. The van der Waals surface area contributed by atoms with E-state index in [0.29, 0.717) is 29.6 Å². The van der Waals surface area contributed by atoms with Crippen molar-refractivity contribution < 1.29 is 18.0 Å². The number of piperidine rings is 1. The molecule has 1 aromatic heterocycles. The van der Waals surface area contributed by atoms with Crippen molar-refractivity contribution in [2.45, 2.75) is 57.0 Å². The first-order chi connectivity index (χ1) is 14.8. The quantitative estimate of drug-likeness (QED) is 0.636. The summed E-state index contributed by atoms with van der Waals surface area (Å²) in [4.78, 5) is 19.5. The van der Waals surface area contributed by atoms with Crippen molar-refractivity contribution in [3.8, 4) is 0 Å². The number of hydrogen-bond acceptors (Lipinski definition) is 2. The molecule has 2 aliphatic carbocycles. The summed E-state index contributed by atoms with van der Waals surface area (Å²) in [5.41, 5.74) is 2.62. The fraction of sp³-hybridized carbons (Fsp3) is 0.520. The summed E-state index contributed by atoms with van der Waals surface area (Å²) < 4.78 is 38.1. The normalized spacial score (nSPS) is 22.9. The van der Waals surface area contributed by atoms with Crippen LogP contribution in [0.2, 0.25) is 0 Å². The van der Waals surface area contributed by atoms with Crippen molar-refractivity contribution in [2.24, 2.45) is 11.3 Å². The van der Waals surface area contributed by atoms with Crippen LogP contribution in [0.5, 0.6) is 0 Å². The van der Waals surface area contributed by atoms with E-state index in [1.165, 1.54) is 31.4 Å². The van der Waals surface area contributed by atoms with Crippen molar-refractivity contribution >= 4 is 5.91 Å². The molecule has 1 unspecified atom stereocenters. The molecule has 6 heteroatoms. The third-order valence-electron chi connectivity index (χ3n) is 7.60. The minimum absolute atomic E-state index is 0.292. The molecule has 0 N–H and O–H groups in total. The number of alkyl halides is 3. The highest BCUT2D eigenvalue weighted by atomic mass is 19.4. The van der Waals surface area contributed by atoms with Gasteiger partial charge >= 0.3 is 6.18 Å². The SMILES string of the molecule is O=C(C1CC12CCC2)N1CCC(c2ccc(Cc3ccc(C(F)(F)F)cc3)cn2)CC1. The summed E-state index contributed by atoms with van der Waals surface area (Å²) in [5.74, 6) is 1.03. The number of halogens is 3. The number of pyridine rings is 1. The molecular weight excluding hydrogens is 401 g/mol. The minimum Gasteiger partial charge on any atom is -0.342 e. The lowest BCUT2D eigenvalue weighted by atomic mass is 9.79. The second-order valence-corrected chi connectivity index (χ2v) is 9.53. The van der Waals surface area contributed by atoms with Crippen LogP contribution in [0.1, 0.15) is 66.8 Å². The second-order valence-electron chi connectivity index (χ2n) is 9.53. The molecule has 1 amide bonds. The van der Waals surface area contributed by atoms with E-state index in [1.54, 1.807) is 0 Å². The molecule has 1 spiro atoms. The monoisotopic (exact) mass is 428 g/mol. The van der Waals surface area contributed by atoms with Gasteiger partial charge in [-0.2, -0.15) is 13.2 Å². The van der Waals surface area contributed by atoms with Crippen molar-refractivity contribution in [3.63, 3.8) is 0 Å². The summed E-state index contributed by atoms with van der Waals surface area (Å²) in [5, 5.41) is 0. The molecule has 1 aromatic carbocycles. The summed E-state index contributed by atoms with van der Waals surface area (Å²) in [6.07, 6.45) is 4.83. The fourth-order valence-corrected chi connectivity index (χ4v) is 5.33. The maximum atomic E-state index is 12.8. The van der Waals surface area contributed by atoms with E-state index in [1.807, 2.05) is 18.3 Å². The average Bonchev–Trinajstić information content (AvgIpc) is 3.51. The van der Waals surface area contributed by atoms with Gasteiger partial charge in [-0.25, -0.2) is 0 Å². The zero-order chi connectivity index (χ0) is 21.6. The van der Waals surface area contributed by atoms with E-state index in [0.717, 1.165) is 61.3 Å². The molecule has 0 bridgehead atoms. The molecule has 1 atom stereocenters. The van der Waals surface area contributed by atoms with E-state index < -0.39 is 11.7 Å². The third-order valence-corrected chi connectivity index (χ3v) is 7.60. The lowest BCUT2D eigenvalue weighted by Gasteiger charge is -2.34. The van der Waals surface area contributed by atoms with Crippen LogP contribution in [0.4, 0.5) is 13.2 Å². The van der Waals surface area contributed by atoms with Gasteiger partial charge in [-0.05, 0) is 73.3 Å². The summed E-state index contributed by atoms with van der Waals surface area (Å²) in [6, 6.07) is 9.35. The number of amides is 1. The Labute approximate surface area is 180 Å². The first-order valence-electron chi connectivity index (χ1n) is 11.2. The van der Waals surface area contributed by atoms with Crippen LogP contribution < -0.4 is 0 Å². The van der Waals surface area contributed by atoms with Crippen LogP contribution in [0.3, 0.4) is 0 Å². The van der Waals surface area contributed by atoms with Crippen molar-refractivity contribution in [1.29, 1.82) is 0 Å². The Morgan fingerprint density at radius 1 is 1.03 bits per heavy atom. The molecule has 164 valence electrons. The summed E-state index contributed by atoms with van der Waals surface area (Å²) in [7, 11) is 0. The molecule has 2 heterocycles. The van der Waals surface area contributed by atoms with Gasteiger partial charge < -0.3 is 4.90 Å². The number of benzene rings is 1. The Morgan fingerprint density at radius 2 is 1.71 bits per heavy atom. The maximum Gasteiger partial charge on any atom is 0.416 e. The van der Waals surface area contributed by atoms with Gasteiger partial charge in [0.1, 0.15) is 0 Å². The lowest BCUT2D eigenvalue weighted by molar-refractivity contribution is -0.137. The topological polar surface area (TPSA) is 33.2 Å². The van der Waals surface area contributed by atoms with Crippen LogP contribution in [0.15, 0.2) is 42.6 Å². The molecular formula is C25H27F3N2O. The Kier molecular flexibility index (Phi) is 5.06. The molecule has 3 fully saturated rings. The first-order valence-corrected chi connectivity index (χ1v) is 11.2. The van der Waals surface area contributed by atoms with Crippen molar-refractivity contribution in [1.82, 2.24) is 9.88 Å². The second kappa shape index (κ2) is 7.64. The number of rotatable bonds is 4. The Hall–Kier alpha value is -2.37. The predicted molar refractivity (Wildman–Crippen MR) is 111 cm³/mol. The van der Waals surface area contributed by atoms with Gasteiger partial charge in [-0.3, -0.25) is 9.78 Å². The molecule has 1 aliphatic heterocycles. The van der Waals surface area contributed by atoms with Crippen molar-refractivity contribution in [2.75, 3.05) is 13.1 Å². The number of hydrogen-bond donors (Lipinski definition) is 0. The standard InChI is InChI=1S/C25H27F3N2O/c26-25(27,28)20-5-2-17(3-6-20)14-18-4-7-22(29-16-18)19-8-12-30(13-9-19)23(31)21-15-24(21)10-1-11-24/h2-7,16,19,21H,1,8-15H2. The van der Waals surface area contributed by atoms with E-state index in [9.17, 15) is 18.0 Å². The predicted octanol–water partition coefficient (Wildman–Crippen LogP) is 5.59. The van der Waals surface area contributed by atoms with Crippen LogP contribution in [0, 0.1) is 11.3 Å². The van der Waals surface area contributed by atoms with E-state index in [2.05, 4.69) is 9.88 Å². The number of aromatic nitrogens is 1. The zero-order valence-electron chi connectivity index (χ0n) is 17.5. The molecule has 3 nitrogen and oxygen atoms in total. The lowest BCUT2D eigenvalue weighted by Crippen LogP contribution is -2.40. The summed E-state index contributed by atoms with van der Waals surface area (Å²) >= 11 is 0. The largest absolute Gasteiger partial charge is 0.416 e. The number of nitrogens with zero attached hydrogens (tertiary/aromatic N) is 2. The smallest absolute Gasteiger partial charge is 0.342 e. The van der Waals surface area contributed by atoms with E-state index >= 15 is 0 Å². The van der Waals surface area contributed by atoms with Gasteiger partial charge in [0.25, 0.3) is 0 Å². The van der Waals surface area contributed by atoms with Crippen LogP contribution in [-0.2, 0) is 17.4 Å². The Bertz CT molecular complexity index is 940. The average molecular weight is 428 g/mol. The molecule has 0 radical (unpaired) electrons. The van der Waals surface area contributed by atoms with Gasteiger partial charge in [-0.1, -0.05) is 24.6 Å². The van der Waals surface area contributed by atoms with E-state index in [-0.39, 0.29) is 0 Å². The highest BCUT2D eigenvalue weighted by Gasteiger charge is 2.61. The Morgan fingerprint density at radius 3 is 2.23 bits per heavy atom. The number of carbonyl (C=O) groups is 1. The molecule has 2 aromatic rings. The van der Waals surface area contributed by atoms with Crippen LogP contribution in [0.25, 0.3) is 0 Å². The first kappa shape index (κ1) is 20.5. The van der Waals surface area contributed by atoms with Gasteiger partial charge in [0.15, 0.2) is 0 Å².